The molecule has 0 aliphatic carbocycles. The van der Waals surface area contributed by atoms with Gasteiger partial charge in [-0.25, -0.2) is 14.4 Å². The summed E-state index contributed by atoms with van der Waals surface area (Å²) in [6.07, 6.45) is -4.94. The van der Waals surface area contributed by atoms with Crippen molar-refractivity contribution >= 4 is 47.1 Å². The fraction of sp³-hybridized carbons (Fsp3) is 0.200. The first-order valence-corrected chi connectivity index (χ1v) is 27.9. The number of ether oxygens (including phenoxy) is 2. The monoisotopic (exact) mass is 1100 g/mol. The molecule has 4 aliphatic rings. The van der Waals surface area contributed by atoms with Crippen LogP contribution in [-0.4, -0.2) is 70.1 Å². The summed E-state index contributed by atoms with van der Waals surface area (Å²) in [5.41, 5.74) is 7.52. The predicted molar refractivity (Wildman–Crippen MR) is 307 cm³/mol. The fourth-order valence-corrected chi connectivity index (χ4v) is 11.0. The molecule has 12 rings (SSSR count). The number of carbonyl (C=O) groups is 2. The van der Waals surface area contributed by atoms with Crippen molar-refractivity contribution in [3.8, 4) is 0 Å². The van der Waals surface area contributed by atoms with Crippen molar-refractivity contribution in [2.75, 3.05) is 24.6 Å². The molecule has 4 aliphatic heterocycles. The predicted octanol–water partition coefficient (Wildman–Crippen LogP) is 14.6. The van der Waals surface area contributed by atoms with Crippen molar-refractivity contribution in [2.24, 2.45) is 9.98 Å². The molecular weight excluding hydrogens is 1040 g/mol. The molecule has 4 heterocycles. The molecule has 0 aromatic heterocycles. The number of amides is 2. The molecule has 8 aromatic carbocycles. The quantitative estimate of drug-likeness (QED) is 0.100. The maximum atomic E-state index is 13.4. The SMILES string of the molecule is Cc1ccc(C(F)(F)F)cc1.Cc1ccc(F)cc1.O=C1C2N=C(c3ccccc3)OC2c2ccccc2CN1CCSc1ccccc1.O=C1C2N=C(c3ccccc3)OC2c2ccccc2CN1CCSc1ccccc1. The van der Waals surface area contributed by atoms with Crippen molar-refractivity contribution in [3.05, 3.63) is 274 Å². The minimum Gasteiger partial charge on any atom is -0.466 e. The first kappa shape index (κ1) is 55.8. The van der Waals surface area contributed by atoms with Crippen LogP contribution in [0.2, 0.25) is 0 Å². The van der Waals surface area contributed by atoms with Gasteiger partial charge in [0.05, 0.1) is 5.56 Å². The number of aryl methyl sites for hydroxylation is 2. The number of nitrogens with zero attached hydrogens (tertiary/aromatic N) is 4. The smallest absolute Gasteiger partial charge is 0.416 e. The number of halogens is 4. The first-order chi connectivity index (χ1) is 38.4. The van der Waals surface area contributed by atoms with E-state index in [1.54, 1.807) is 42.6 Å². The van der Waals surface area contributed by atoms with Crippen LogP contribution in [0, 0.1) is 19.7 Å². The molecule has 0 saturated heterocycles. The summed E-state index contributed by atoms with van der Waals surface area (Å²) < 4.78 is 60.3. The van der Waals surface area contributed by atoms with Gasteiger partial charge in [-0.2, -0.15) is 13.2 Å². The summed E-state index contributed by atoms with van der Waals surface area (Å²) in [5, 5.41) is 0. The van der Waals surface area contributed by atoms with Gasteiger partial charge in [-0.1, -0.05) is 157 Å². The highest BCUT2D eigenvalue weighted by Crippen LogP contribution is 2.39. The van der Waals surface area contributed by atoms with E-state index in [9.17, 15) is 27.2 Å². The lowest BCUT2D eigenvalue weighted by Crippen LogP contribution is -2.38. The summed E-state index contributed by atoms with van der Waals surface area (Å²) in [6.45, 7) is 6.21. The summed E-state index contributed by atoms with van der Waals surface area (Å²) in [7, 11) is 0. The number of hydrogen-bond acceptors (Lipinski definition) is 8. The lowest BCUT2D eigenvalue weighted by molar-refractivity contribution is -0.137. The molecule has 0 bridgehead atoms. The Hall–Kier alpha value is -7.94. The minimum atomic E-state index is -4.21. The Morgan fingerprint density at radius 3 is 1.22 bits per heavy atom. The Morgan fingerprint density at radius 2 is 0.835 bits per heavy atom. The summed E-state index contributed by atoms with van der Waals surface area (Å²) in [5.74, 6) is 2.68. The Balaban J connectivity index is 0.000000145. The molecule has 0 N–H and O–H groups in total. The standard InChI is InChI=1S/2C25H22N2O2S.C8H7F3.C7H7F/c2*28-25-22-23(29-24(26-22)18-9-3-1-4-10-18)21-14-8-7-11-19(21)17-27(25)15-16-30-20-12-5-2-6-13-20;1-6-2-4-7(5-3-6)8(9,10)11;1-6-2-4-7(8)5-3-6/h2*1-14,22-23H,15-17H2;2-5H,1H3;2-5H,1H3. The number of carbonyl (C=O) groups excluding carboxylic acids is 2. The maximum absolute atomic E-state index is 13.4. The summed E-state index contributed by atoms with van der Waals surface area (Å²) >= 11 is 3.53. The van der Waals surface area contributed by atoms with Crippen LogP contribution in [-0.2, 0) is 38.3 Å². The minimum absolute atomic E-state index is 0.0378. The van der Waals surface area contributed by atoms with Gasteiger partial charge in [0.15, 0.2) is 24.3 Å². The van der Waals surface area contributed by atoms with Gasteiger partial charge in [-0.15, -0.1) is 23.5 Å². The first-order valence-electron chi connectivity index (χ1n) is 25.9. The van der Waals surface area contributed by atoms with Crippen LogP contribution < -0.4 is 0 Å². The van der Waals surface area contributed by atoms with Crippen molar-refractivity contribution in [3.63, 3.8) is 0 Å². The number of rotatable bonds is 10. The molecule has 0 radical (unpaired) electrons. The zero-order valence-corrected chi connectivity index (χ0v) is 45.2. The molecule has 402 valence electrons. The number of benzene rings is 8. The van der Waals surface area contributed by atoms with Gasteiger partial charge in [-0.05, 0) is 97.8 Å². The lowest BCUT2D eigenvalue weighted by Gasteiger charge is -2.22. The summed E-state index contributed by atoms with van der Waals surface area (Å²) in [6, 6.07) is 66.9. The lowest BCUT2D eigenvalue weighted by atomic mass is 9.99. The third-order valence-corrected chi connectivity index (χ3v) is 15.3. The normalized spacial score (nSPS) is 17.8. The van der Waals surface area contributed by atoms with E-state index < -0.39 is 23.8 Å². The van der Waals surface area contributed by atoms with Crippen LogP contribution in [0.4, 0.5) is 17.6 Å². The average molecular weight is 1100 g/mol. The molecule has 8 nitrogen and oxygen atoms in total. The second kappa shape index (κ2) is 26.6. The van der Waals surface area contributed by atoms with Crippen molar-refractivity contribution < 1.29 is 36.6 Å². The largest absolute Gasteiger partial charge is 0.466 e. The van der Waals surface area contributed by atoms with Gasteiger partial charge in [0.25, 0.3) is 11.8 Å². The molecule has 4 atom stereocenters. The topological polar surface area (TPSA) is 83.8 Å². The van der Waals surface area contributed by atoms with Gasteiger partial charge in [0.2, 0.25) is 11.8 Å². The van der Waals surface area contributed by atoms with Gasteiger partial charge in [0.1, 0.15) is 5.82 Å². The second-order valence-electron chi connectivity index (χ2n) is 19.0. The van der Waals surface area contributed by atoms with Crippen molar-refractivity contribution in [1.29, 1.82) is 0 Å². The molecule has 79 heavy (non-hydrogen) atoms. The van der Waals surface area contributed by atoms with E-state index in [4.69, 9.17) is 19.5 Å². The van der Waals surface area contributed by atoms with Gasteiger partial charge in [-0.3, -0.25) is 9.59 Å². The van der Waals surface area contributed by atoms with Gasteiger partial charge >= 0.3 is 6.18 Å². The van der Waals surface area contributed by atoms with E-state index >= 15 is 0 Å². The zero-order chi connectivity index (χ0) is 55.1. The summed E-state index contributed by atoms with van der Waals surface area (Å²) in [4.78, 5) is 42.6. The van der Waals surface area contributed by atoms with Crippen LogP contribution in [0.3, 0.4) is 0 Å². The number of alkyl halides is 3. The van der Waals surface area contributed by atoms with Crippen LogP contribution in [0.5, 0.6) is 0 Å². The zero-order valence-electron chi connectivity index (χ0n) is 43.6. The Kier molecular flexibility index (Phi) is 18.8. The third-order valence-electron chi connectivity index (χ3n) is 13.3. The second-order valence-corrected chi connectivity index (χ2v) is 21.3. The van der Waals surface area contributed by atoms with E-state index in [1.807, 2.05) is 138 Å². The highest BCUT2D eigenvalue weighted by molar-refractivity contribution is 7.99. The van der Waals surface area contributed by atoms with Gasteiger partial charge in [0, 0.05) is 69.7 Å². The van der Waals surface area contributed by atoms with Crippen molar-refractivity contribution in [1.82, 2.24) is 9.80 Å². The highest BCUT2D eigenvalue weighted by Gasteiger charge is 2.45. The van der Waals surface area contributed by atoms with E-state index in [2.05, 4.69) is 48.5 Å². The maximum Gasteiger partial charge on any atom is 0.416 e. The van der Waals surface area contributed by atoms with E-state index in [-0.39, 0.29) is 29.8 Å². The molecule has 2 amide bonds. The van der Waals surface area contributed by atoms with Crippen LogP contribution in [0.1, 0.15) is 62.3 Å². The number of aliphatic imine (C=N–C) groups is 2. The number of thioether (sulfide) groups is 2. The van der Waals surface area contributed by atoms with Crippen LogP contribution in [0.25, 0.3) is 0 Å². The number of hydrogen-bond donors (Lipinski definition) is 0. The average Bonchev–Trinajstić information content (AvgIpc) is 4.23. The number of fused-ring (bicyclic) bond motifs is 6. The molecule has 8 aromatic rings. The molecular formula is C65H58F4N4O4S2. The molecule has 0 saturated carbocycles. The Labute approximate surface area is 467 Å². The van der Waals surface area contributed by atoms with Crippen LogP contribution in [0.15, 0.2) is 238 Å². The van der Waals surface area contributed by atoms with E-state index in [0.29, 0.717) is 38.0 Å². The molecule has 0 fully saturated rings. The fourth-order valence-electron chi connectivity index (χ4n) is 9.19. The van der Waals surface area contributed by atoms with Crippen LogP contribution >= 0.6 is 23.5 Å². The van der Waals surface area contributed by atoms with Crippen molar-refractivity contribution in [2.45, 2.75) is 67.2 Å². The highest BCUT2D eigenvalue weighted by atomic mass is 32.2. The van der Waals surface area contributed by atoms with Gasteiger partial charge < -0.3 is 19.3 Å². The molecule has 14 heteroatoms. The van der Waals surface area contributed by atoms with E-state index in [1.165, 1.54) is 34.1 Å². The third kappa shape index (κ3) is 14.8. The van der Waals surface area contributed by atoms with E-state index in [0.717, 1.165) is 68.1 Å². The molecule has 4 unspecified atom stereocenters. The Bertz CT molecular complexity index is 3140. The molecule has 0 spiro atoms. The Morgan fingerprint density at radius 1 is 0.481 bits per heavy atom.